The first-order valence-corrected chi connectivity index (χ1v) is 5.63. The zero-order chi connectivity index (χ0) is 13.9. The van der Waals surface area contributed by atoms with Crippen LogP contribution in [0.15, 0.2) is 18.2 Å². The lowest BCUT2D eigenvalue weighted by molar-refractivity contribution is -0.147. The van der Waals surface area contributed by atoms with E-state index >= 15 is 0 Å². The van der Waals surface area contributed by atoms with Crippen LogP contribution in [0, 0.1) is 17.0 Å². The highest BCUT2D eigenvalue weighted by Crippen LogP contribution is 2.24. The molecule has 0 aliphatic rings. The van der Waals surface area contributed by atoms with Crippen molar-refractivity contribution in [3.8, 4) is 0 Å². The second kappa shape index (κ2) is 5.33. The van der Waals surface area contributed by atoms with Crippen LogP contribution in [-0.2, 0) is 4.79 Å². The van der Waals surface area contributed by atoms with E-state index in [2.05, 4.69) is 0 Å². The van der Waals surface area contributed by atoms with Gasteiger partial charge in [-0.1, -0.05) is 0 Å². The molecule has 0 aromatic heterocycles. The van der Waals surface area contributed by atoms with Gasteiger partial charge in [0.1, 0.15) is 11.6 Å². The van der Waals surface area contributed by atoms with Gasteiger partial charge >= 0.3 is 5.97 Å². The number of carbonyl (C=O) groups is 1. The summed E-state index contributed by atoms with van der Waals surface area (Å²) < 4.78 is 26.5. The molecule has 18 heavy (non-hydrogen) atoms. The van der Waals surface area contributed by atoms with E-state index in [1.54, 1.807) is 20.9 Å². The summed E-state index contributed by atoms with van der Waals surface area (Å²) in [6.45, 7) is 3.54. The topological polar surface area (TPSA) is 40.5 Å². The molecule has 1 aromatic rings. The van der Waals surface area contributed by atoms with Gasteiger partial charge in [-0.05, 0) is 32.4 Å². The third-order valence-electron chi connectivity index (χ3n) is 2.97. The zero-order valence-electron chi connectivity index (χ0n) is 10.7. The summed E-state index contributed by atoms with van der Waals surface area (Å²) in [5, 5.41) is 8.97. The minimum Gasteiger partial charge on any atom is -0.481 e. The fraction of sp³-hybridized carbons (Fsp3) is 0.462. The third kappa shape index (κ3) is 3.42. The molecular weight excluding hydrogens is 240 g/mol. The maximum absolute atomic E-state index is 13.5. The third-order valence-corrected chi connectivity index (χ3v) is 2.97. The molecule has 0 aliphatic heterocycles. The number of anilines is 1. The van der Waals surface area contributed by atoms with Crippen molar-refractivity contribution in [3.05, 3.63) is 29.8 Å². The molecule has 100 valence electrons. The standard InChI is InChI=1S/C13H17F2NO2/c1-13(2,12(17)18)6-7-16(3)11-8-9(14)4-5-10(11)15/h4-5,8H,6-7H2,1-3H3,(H,17,18). The van der Waals surface area contributed by atoms with Crippen LogP contribution in [-0.4, -0.2) is 24.7 Å². The van der Waals surface area contributed by atoms with Gasteiger partial charge in [0.05, 0.1) is 11.1 Å². The molecule has 0 saturated heterocycles. The molecule has 1 rings (SSSR count). The van der Waals surface area contributed by atoms with Crippen LogP contribution in [0.4, 0.5) is 14.5 Å². The van der Waals surface area contributed by atoms with Crippen molar-refractivity contribution >= 4 is 11.7 Å². The lowest BCUT2D eigenvalue weighted by Crippen LogP contribution is -2.30. The Morgan fingerprint density at radius 1 is 1.39 bits per heavy atom. The second-order valence-electron chi connectivity index (χ2n) is 4.96. The molecule has 5 heteroatoms. The Kier molecular flexibility index (Phi) is 4.27. The quantitative estimate of drug-likeness (QED) is 0.881. The van der Waals surface area contributed by atoms with E-state index in [0.29, 0.717) is 13.0 Å². The number of nitrogens with zero attached hydrogens (tertiary/aromatic N) is 1. The minimum atomic E-state index is -0.907. The molecule has 0 spiro atoms. The van der Waals surface area contributed by atoms with E-state index in [1.165, 1.54) is 4.90 Å². The Morgan fingerprint density at radius 2 is 2.00 bits per heavy atom. The van der Waals surface area contributed by atoms with E-state index < -0.39 is 23.0 Å². The van der Waals surface area contributed by atoms with Crippen LogP contribution in [0.2, 0.25) is 0 Å². The molecule has 0 heterocycles. The van der Waals surface area contributed by atoms with E-state index in [1.807, 2.05) is 0 Å². The minimum absolute atomic E-state index is 0.135. The number of aliphatic carboxylic acids is 1. The summed E-state index contributed by atoms with van der Waals surface area (Å²) in [6.07, 6.45) is 0.342. The maximum Gasteiger partial charge on any atom is 0.309 e. The Hall–Kier alpha value is -1.65. The van der Waals surface area contributed by atoms with Gasteiger partial charge in [0.15, 0.2) is 0 Å². The fourth-order valence-corrected chi connectivity index (χ4v) is 1.45. The first kappa shape index (κ1) is 14.4. The van der Waals surface area contributed by atoms with Gasteiger partial charge in [-0.25, -0.2) is 8.78 Å². The number of carboxylic acids is 1. The lowest BCUT2D eigenvalue weighted by Gasteiger charge is -2.25. The van der Waals surface area contributed by atoms with Crippen LogP contribution >= 0.6 is 0 Å². The fourth-order valence-electron chi connectivity index (χ4n) is 1.45. The number of benzene rings is 1. The van der Waals surface area contributed by atoms with Gasteiger partial charge < -0.3 is 10.0 Å². The molecule has 0 aliphatic carbocycles. The molecule has 0 amide bonds. The van der Waals surface area contributed by atoms with Crippen molar-refractivity contribution in [2.24, 2.45) is 5.41 Å². The van der Waals surface area contributed by atoms with Crippen molar-refractivity contribution in [1.29, 1.82) is 0 Å². The first-order chi connectivity index (χ1) is 8.24. The molecule has 1 N–H and O–H groups in total. The molecular formula is C13H17F2NO2. The zero-order valence-corrected chi connectivity index (χ0v) is 10.7. The number of halogens is 2. The summed E-state index contributed by atoms with van der Waals surface area (Å²) in [7, 11) is 1.61. The predicted octanol–water partition coefficient (Wildman–Crippen LogP) is 2.90. The Balaban J connectivity index is 2.74. The number of hydrogen-bond donors (Lipinski definition) is 1. The molecule has 3 nitrogen and oxygen atoms in total. The summed E-state index contributed by atoms with van der Waals surface area (Å²) in [4.78, 5) is 12.5. The Bertz CT molecular complexity index is 447. The number of carboxylic acid groups (broad SMARTS) is 1. The van der Waals surface area contributed by atoms with Crippen LogP contribution in [0.5, 0.6) is 0 Å². The van der Waals surface area contributed by atoms with Crippen molar-refractivity contribution in [1.82, 2.24) is 0 Å². The van der Waals surface area contributed by atoms with Crippen LogP contribution < -0.4 is 4.90 Å². The van der Waals surface area contributed by atoms with E-state index in [0.717, 1.165) is 18.2 Å². The molecule has 0 fully saturated rings. The SMILES string of the molecule is CN(CCC(C)(C)C(=O)O)c1cc(F)ccc1F. The summed E-state index contributed by atoms with van der Waals surface area (Å²) >= 11 is 0. The predicted molar refractivity (Wildman–Crippen MR) is 65.7 cm³/mol. The van der Waals surface area contributed by atoms with Crippen LogP contribution in [0.1, 0.15) is 20.3 Å². The second-order valence-corrected chi connectivity index (χ2v) is 4.96. The molecule has 0 radical (unpaired) electrons. The first-order valence-electron chi connectivity index (χ1n) is 5.63. The van der Waals surface area contributed by atoms with E-state index in [-0.39, 0.29) is 5.69 Å². The average Bonchev–Trinajstić information content (AvgIpc) is 2.29. The number of rotatable bonds is 5. The Labute approximate surface area is 105 Å². The molecule has 0 unspecified atom stereocenters. The molecule has 0 atom stereocenters. The highest BCUT2D eigenvalue weighted by atomic mass is 19.1. The highest BCUT2D eigenvalue weighted by Gasteiger charge is 2.27. The van der Waals surface area contributed by atoms with Gasteiger partial charge in [0, 0.05) is 19.7 Å². The van der Waals surface area contributed by atoms with Crippen LogP contribution in [0.25, 0.3) is 0 Å². The highest BCUT2D eigenvalue weighted by molar-refractivity contribution is 5.73. The molecule has 0 bridgehead atoms. The summed E-state index contributed by atoms with van der Waals surface area (Å²) in [6, 6.07) is 3.21. The summed E-state index contributed by atoms with van der Waals surface area (Å²) in [5.41, 5.74) is -0.755. The monoisotopic (exact) mass is 257 g/mol. The van der Waals surface area contributed by atoms with Gasteiger partial charge in [0.2, 0.25) is 0 Å². The normalized spacial score (nSPS) is 11.4. The summed E-state index contributed by atoms with van der Waals surface area (Å²) in [5.74, 6) is -1.95. The van der Waals surface area contributed by atoms with Crippen molar-refractivity contribution in [3.63, 3.8) is 0 Å². The smallest absolute Gasteiger partial charge is 0.309 e. The van der Waals surface area contributed by atoms with Gasteiger partial charge in [-0.15, -0.1) is 0 Å². The van der Waals surface area contributed by atoms with Crippen molar-refractivity contribution in [2.45, 2.75) is 20.3 Å². The molecule has 0 saturated carbocycles. The maximum atomic E-state index is 13.5. The van der Waals surface area contributed by atoms with Gasteiger partial charge in [-0.2, -0.15) is 0 Å². The van der Waals surface area contributed by atoms with Crippen LogP contribution in [0.3, 0.4) is 0 Å². The van der Waals surface area contributed by atoms with Gasteiger partial charge in [0.25, 0.3) is 0 Å². The Morgan fingerprint density at radius 3 is 2.56 bits per heavy atom. The van der Waals surface area contributed by atoms with Crippen molar-refractivity contribution < 1.29 is 18.7 Å². The lowest BCUT2D eigenvalue weighted by atomic mass is 9.89. The number of hydrogen-bond acceptors (Lipinski definition) is 2. The van der Waals surface area contributed by atoms with E-state index in [9.17, 15) is 13.6 Å². The average molecular weight is 257 g/mol. The van der Waals surface area contributed by atoms with Gasteiger partial charge in [-0.3, -0.25) is 4.79 Å². The largest absolute Gasteiger partial charge is 0.481 e. The van der Waals surface area contributed by atoms with E-state index in [4.69, 9.17) is 5.11 Å². The van der Waals surface area contributed by atoms with Crippen molar-refractivity contribution in [2.75, 3.05) is 18.5 Å². The molecule has 1 aromatic carbocycles.